The van der Waals surface area contributed by atoms with Crippen LogP contribution in [0.1, 0.15) is 70.4 Å². The molecule has 0 radical (unpaired) electrons. The molecule has 36 heavy (non-hydrogen) atoms. The largest absolute Gasteiger partial charge is 0.481 e. The molecule has 2 aromatic carbocycles. The van der Waals surface area contributed by atoms with E-state index in [9.17, 15) is 19.1 Å². The molecule has 2 aliphatic rings. The van der Waals surface area contributed by atoms with Crippen LogP contribution in [-0.4, -0.2) is 27.6 Å². The van der Waals surface area contributed by atoms with Gasteiger partial charge < -0.3 is 5.11 Å². The molecule has 1 aromatic heterocycles. The van der Waals surface area contributed by atoms with E-state index in [1.807, 2.05) is 37.3 Å². The summed E-state index contributed by atoms with van der Waals surface area (Å²) in [7, 11) is 0. The van der Waals surface area contributed by atoms with Crippen molar-refractivity contribution in [1.82, 2.24) is 4.98 Å². The number of ketones is 1. The van der Waals surface area contributed by atoms with Crippen LogP contribution in [0.15, 0.2) is 65.8 Å². The van der Waals surface area contributed by atoms with Crippen molar-refractivity contribution in [2.45, 2.75) is 52.0 Å². The predicted molar refractivity (Wildman–Crippen MR) is 136 cm³/mol. The van der Waals surface area contributed by atoms with Crippen molar-refractivity contribution in [1.29, 1.82) is 0 Å². The Hall–Kier alpha value is -3.67. The van der Waals surface area contributed by atoms with Gasteiger partial charge in [-0.15, -0.1) is 0 Å². The lowest BCUT2D eigenvalue weighted by molar-refractivity contribution is -0.152. The molecule has 3 aromatic rings. The predicted octanol–water partition coefficient (Wildman–Crippen LogP) is 5.96. The second-order valence-corrected chi connectivity index (χ2v) is 10.2. The molecule has 2 unspecified atom stereocenters. The van der Waals surface area contributed by atoms with Crippen LogP contribution in [0.5, 0.6) is 0 Å². The summed E-state index contributed by atoms with van der Waals surface area (Å²) >= 11 is 0. The number of rotatable bonds is 7. The number of hydrogen-bond donors (Lipinski definition) is 1. The molecule has 1 saturated carbocycles. The third-order valence-electron chi connectivity index (χ3n) is 7.60. The highest BCUT2D eigenvalue weighted by Gasteiger charge is 2.43. The number of aryl methyl sites for hydroxylation is 1. The zero-order valence-corrected chi connectivity index (χ0v) is 20.3. The molecule has 0 spiro atoms. The smallest absolute Gasteiger partial charge is 0.309 e. The number of nitrogens with zero attached hydrogens (tertiary/aromatic N) is 2. The van der Waals surface area contributed by atoms with E-state index in [0.717, 1.165) is 46.5 Å². The van der Waals surface area contributed by atoms with Gasteiger partial charge in [0, 0.05) is 35.0 Å². The van der Waals surface area contributed by atoms with Gasteiger partial charge >= 0.3 is 5.97 Å². The number of pyridine rings is 1. The number of fused-ring (bicyclic) bond motifs is 1. The average molecular weight is 485 g/mol. The number of hydrogen-bond acceptors (Lipinski definition) is 4. The molecule has 5 nitrogen and oxygen atoms in total. The summed E-state index contributed by atoms with van der Waals surface area (Å²) in [5.41, 5.74) is 5.37. The molecule has 6 heteroatoms. The Morgan fingerprint density at radius 2 is 1.92 bits per heavy atom. The maximum atomic E-state index is 13.3. The van der Waals surface area contributed by atoms with E-state index >= 15 is 0 Å². The highest BCUT2D eigenvalue weighted by molar-refractivity contribution is 6.16. The van der Waals surface area contributed by atoms with Gasteiger partial charge in [-0.1, -0.05) is 30.7 Å². The van der Waals surface area contributed by atoms with Gasteiger partial charge in [0.1, 0.15) is 5.82 Å². The third-order valence-corrected chi connectivity index (χ3v) is 7.60. The number of aromatic nitrogens is 1. The Bertz CT molecular complexity index is 1350. The van der Waals surface area contributed by atoms with Crippen molar-refractivity contribution in [3.63, 3.8) is 0 Å². The van der Waals surface area contributed by atoms with Crippen molar-refractivity contribution < 1.29 is 19.1 Å². The van der Waals surface area contributed by atoms with Crippen LogP contribution in [0.3, 0.4) is 0 Å². The number of Topliss-reactive ketones (excluding diaryl/α,β-unsaturated/α-hetero) is 1. The minimum atomic E-state index is -0.933. The number of halogens is 1. The molecule has 0 amide bonds. The van der Waals surface area contributed by atoms with Crippen molar-refractivity contribution in [3.05, 3.63) is 100 Å². The second-order valence-electron chi connectivity index (χ2n) is 10.2. The highest BCUT2D eigenvalue weighted by Crippen LogP contribution is 2.44. The number of aliphatic imine (C=N–C) groups is 1. The van der Waals surface area contributed by atoms with Crippen LogP contribution in [0.25, 0.3) is 0 Å². The maximum Gasteiger partial charge on any atom is 0.309 e. The minimum Gasteiger partial charge on any atom is -0.481 e. The van der Waals surface area contributed by atoms with Gasteiger partial charge in [0.05, 0.1) is 17.7 Å². The quantitative estimate of drug-likeness (QED) is 0.420. The van der Waals surface area contributed by atoms with Crippen LogP contribution >= 0.6 is 0 Å². The molecular formula is C30H29FN2O3. The first-order valence-corrected chi connectivity index (χ1v) is 12.4. The van der Waals surface area contributed by atoms with Crippen molar-refractivity contribution >= 4 is 17.5 Å². The van der Waals surface area contributed by atoms with E-state index in [-0.39, 0.29) is 17.5 Å². The normalized spacial score (nSPS) is 21.1. The summed E-state index contributed by atoms with van der Waals surface area (Å²) in [6.07, 6.45) is 5.03. The van der Waals surface area contributed by atoms with E-state index in [2.05, 4.69) is 4.98 Å². The molecule has 0 bridgehead atoms. The summed E-state index contributed by atoms with van der Waals surface area (Å²) in [4.78, 5) is 34.7. The second kappa shape index (κ2) is 9.76. The third kappa shape index (κ3) is 4.85. The fourth-order valence-corrected chi connectivity index (χ4v) is 5.76. The van der Waals surface area contributed by atoms with Crippen molar-refractivity contribution in [3.8, 4) is 0 Å². The zero-order chi connectivity index (χ0) is 25.3. The Morgan fingerprint density at radius 1 is 1.11 bits per heavy atom. The van der Waals surface area contributed by atoms with Gasteiger partial charge in [-0.3, -0.25) is 19.6 Å². The average Bonchev–Trinajstić information content (AvgIpc) is 3.29. The van der Waals surface area contributed by atoms with E-state index < -0.39 is 11.4 Å². The van der Waals surface area contributed by atoms with Gasteiger partial charge in [0.25, 0.3) is 0 Å². The maximum absolute atomic E-state index is 13.3. The number of carboxylic acids is 1. The Morgan fingerprint density at radius 3 is 2.67 bits per heavy atom. The lowest BCUT2D eigenvalue weighted by Crippen LogP contribution is -2.39. The topological polar surface area (TPSA) is 79.6 Å². The molecule has 1 aliphatic heterocycles. The fourth-order valence-electron chi connectivity index (χ4n) is 5.76. The Kier molecular flexibility index (Phi) is 6.52. The van der Waals surface area contributed by atoms with E-state index in [4.69, 9.17) is 4.99 Å². The van der Waals surface area contributed by atoms with Crippen LogP contribution in [0, 0.1) is 24.1 Å². The first kappa shape index (κ1) is 24.0. The lowest BCUT2D eigenvalue weighted by Gasteiger charge is -2.37. The van der Waals surface area contributed by atoms with Crippen molar-refractivity contribution in [2.24, 2.45) is 16.3 Å². The number of carbonyl (C=O) groups excluding carboxylic acids is 1. The van der Waals surface area contributed by atoms with Gasteiger partial charge in [-0.25, -0.2) is 4.39 Å². The first-order valence-electron chi connectivity index (χ1n) is 12.4. The number of carboxylic acid groups (broad SMARTS) is 1. The fraction of sp³-hybridized carbons (Fsp3) is 0.333. The molecule has 1 N–H and O–H groups in total. The highest BCUT2D eigenvalue weighted by atomic mass is 19.1. The summed E-state index contributed by atoms with van der Waals surface area (Å²) in [5.74, 6) is -1.15. The zero-order valence-electron chi connectivity index (χ0n) is 20.3. The van der Waals surface area contributed by atoms with E-state index in [1.165, 1.54) is 12.1 Å². The molecule has 0 saturated heterocycles. The van der Waals surface area contributed by atoms with Gasteiger partial charge in [0.2, 0.25) is 0 Å². The molecule has 1 fully saturated rings. The van der Waals surface area contributed by atoms with E-state index in [0.29, 0.717) is 37.8 Å². The number of aliphatic carboxylic acids is 1. The lowest BCUT2D eigenvalue weighted by atomic mass is 9.65. The number of carbonyl (C=O) groups is 2. The van der Waals surface area contributed by atoms with Gasteiger partial charge in [-0.05, 0) is 80.0 Å². The van der Waals surface area contributed by atoms with Gasteiger partial charge in [0.15, 0.2) is 5.78 Å². The summed E-state index contributed by atoms with van der Waals surface area (Å²) in [6.45, 7) is 2.53. The van der Waals surface area contributed by atoms with Crippen LogP contribution in [0.2, 0.25) is 0 Å². The van der Waals surface area contributed by atoms with Gasteiger partial charge in [-0.2, -0.15) is 0 Å². The molecule has 2 atom stereocenters. The Balaban J connectivity index is 1.33. The standard InChI is InChI=1S/C30H29FN2O3/c1-19-13-23(10-12-32-19)28-26-15-22(6-7-24(26)18-33-28)27(34)14-21-3-2-11-30(17-21,29(35)36)16-20-4-8-25(31)9-5-20/h4-10,12-13,15,21H,2-3,11,14,16-18H2,1H3,(H,35,36). The van der Waals surface area contributed by atoms with Crippen LogP contribution < -0.4 is 0 Å². The molecule has 5 rings (SSSR count). The summed E-state index contributed by atoms with van der Waals surface area (Å²) in [5, 5.41) is 10.2. The number of benzene rings is 2. The van der Waals surface area contributed by atoms with E-state index in [1.54, 1.807) is 18.3 Å². The first-order chi connectivity index (χ1) is 17.3. The molecular weight excluding hydrogens is 455 g/mol. The molecule has 184 valence electrons. The van der Waals surface area contributed by atoms with Crippen LogP contribution in [0.4, 0.5) is 4.39 Å². The molecule has 2 heterocycles. The SMILES string of the molecule is Cc1cc(C2=NCc3ccc(C(=O)CC4CCCC(Cc5ccc(F)cc5)(C(=O)O)C4)cc32)ccn1. The monoisotopic (exact) mass is 484 g/mol. The Labute approximate surface area is 210 Å². The summed E-state index contributed by atoms with van der Waals surface area (Å²) < 4.78 is 13.3. The minimum absolute atomic E-state index is 0.00737. The van der Waals surface area contributed by atoms with Crippen molar-refractivity contribution in [2.75, 3.05) is 0 Å². The molecule has 1 aliphatic carbocycles. The summed E-state index contributed by atoms with van der Waals surface area (Å²) in [6, 6.07) is 15.8. The van der Waals surface area contributed by atoms with Crippen LogP contribution in [-0.2, 0) is 17.8 Å².